The molecule has 4 heteroatoms. The molecule has 0 radical (unpaired) electrons. The first kappa shape index (κ1) is 12.5. The first-order valence-corrected chi connectivity index (χ1v) is 4.38. The van der Waals surface area contributed by atoms with Crippen LogP contribution in [0.1, 0.15) is 6.92 Å². The molecule has 1 N–H and O–H groups in total. The zero-order valence-corrected chi connectivity index (χ0v) is 8.26. The molecular formula is C9H18F2N2. The third kappa shape index (κ3) is 6.66. The summed E-state index contributed by atoms with van der Waals surface area (Å²) in [5.41, 5.74) is 0. The van der Waals surface area contributed by atoms with Crippen molar-refractivity contribution in [3.05, 3.63) is 12.7 Å². The average Bonchev–Trinajstić information content (AvgIpc) is 2.03. The Bertz CT molecular complexity index is 140. The van der Waals surface area contributed by atoms with Gasteiger partial charge < -0.3 is 5.32 Å². The molecule has 0 saturated heterocycles. The van der Waals surface area contributed by atoms with E-state index in [0.29, 0.717) is 13.1 Å². The van der Waals surface area contributed by atoms with E-state index in [1.165, 1.54) is 0 Å². The maximum atomic E-state index is 12.0. The molecule has 1 atom stereocenters. The Morgan fingerprint density at radius 1 is 1.54 bits per heavy atom. The van der Waals surface area contributed by atoms with E-state index in [4.69, 9.17) is 0 Å². The summed E-state index contributed by atoms with van der Waals surface area (Å²) < 4.78 is 23.9. The fourth-order valence-electron chi connectivity index (χ4n) is 0.948. The molecular weight excluding hydrogens is 174 g/mol. The van der Waals surface area contributed by atoms with Crippen molar-refractivity contribution in [1.82, 2.24) is 10.2 Å². The second kappa shape index (κ2) is 6.97. The highest BCUT2D eigenvalue weighted by molar-refractivity contribution is 4.73. The molecule has 0 aliphatic rings. The maximum Gasteiger partial charge on any atom is 0.251 e. The van der Waals surface area contributed by atoms with E-state index in [9.17, 15) is 8.78 Å². The second-order valence-corrected chi connectivity index (χ2v) is 3.13. The highest BCUT2D eigenvalue weighted by Gasteiger charge is 2.12. The van der Waals surface area contributed by atoms with Crippen molar-refractivity contribution in [3.8, 4) is 0 Å². The van der Waals surface area contributed by atoms with E-state index in [-0.39, 0.29) is 12.6 Å². The minimum absolute atomic E-state index is 0.119. The first-order chi connectivity index (χ1) is 6.07. The summed E-state index contributed by atoms with van der Waals surface area (Å²) in [6.45, 7) is 6.72. The largest absolute Gasteiger partial charge is 0.312 e. The molecule has 0 aliphatic heterocycles. The summed E-state index contributed by atoms with van der Waals surface area (Å²) in [6.07, 6.45) is -0.508. The molecule has 13 heavy (non-hydrogen) atoms. The number of alkyl halides is 2. The van der Waals surface area contributed by atoms with Crippen LogP contribution in [0.5, 0.6) is 0 Å². The predicted molar refractivity (Wildman–Crippen MR) is 51.2 cm³/mol. The number of hydrogen-bond acceptors (Lipinski definition) is 2. The van der Waals surface area contributed by atoms with Crippen LogP contribution in [0.3, 0.4) is 0 Å². The Morgan fingerprint density at radius 2 is 2.15 bits per heavy atom. The van der Waals surface area contributed by atoms with Gasteiger partial charge >= 0.3 is 0 Å². The molecule has 0 aromatic rings. The third-order valence-corrected chi connectivity index (χ3v) is 1.91. The van der Waals surface area contributed by atoms with Gasteiger partial charge in [-0.2, -0.15) is 0 Å². The topological polar surface area (TPSA) is 15.3 Å². The van der Waals surface area contributed by atoms with Crippen LogP contribution < -0.4 is 5.32 Å². The monoisotopic (exact) mass is 192 g/mol. The van der Waals surface area contributed by atoms with Crippen LogP contribution in [0.2, 0.25) is 0 Å². The third-order valence-electron chi connectivity index (χ3n) is 1.91. The summed E-state index contributed by atoms with van der Waals surface area (Å²) in [7, 11) is 1.70. The van der Waals surface area contributed by atoms with Crippen LogP contribution in [0.15, 0.2) is 12.7 Å². The van der Waals surface area contributed by atoms with Gasteiger partial charge in [0.2, 0.25) is 0 Å². The lowest BCUT2D eigenvalue weighted by atomic mass is 10.3. The van der Waals surface area contributed by atoms with Gasteiger partial charge in [-0.05, 0) is 14.0 Å². The molecule has 0 fully saturated rings. The van der Waals surface area contributed by atoms with Gasteiger partial charge in [0.1, 0.15) is 0 Å². The minimum Gasteiger partial charge on any atom is -0.312 e. The molecule has 0 aromatic carbocycles. The number of halogens is 2. The van der Waals surface area contributed by atoms with E-state index in [1.807, 2.05) is 6.92 Å². The molecule has 0 amide bonds. The summed E-state index contributed by atoms with van der Waals surface area (Å²) in [5, 5.41) is 3.08. The molecule has 0 rings (SSSR count). The minimum atomic E-state index is -2.26. The predicted octanol–water partition coefficient (Wildman–Crippen LogP) is 1.35. The molecule has 1 unspecified atom stereocenters. The number of nitrogens with one attached hydrogen (secondary N) is 1. The lowest BCUT2D eigenvalue weighted by molar-refractivity contribution is 0.0843. The fourth-order valence-corrected chi connectivity index (χ4v) is 0.948. The standard InChI is InChI=1S/C9H18F2N2/c1-4-5-12-6-8(2)13(3)7-9(10)11/h4,8-9,12H,1,5-7H2,2-3H3. The van der Waals surface area contributed by atoms with Gasteiger partial charge in [-0.25, -0.2) is 8.78 Å². The highest BCUT2D eigenvalue weighted by atomic mass is 19.3. The molecule has 0 aliphatic carbocycles. The summed E-state index contributed by atoms with van der Waals surface area (Å²) >= 11 is 0. The Hall–Kier alpha value is -0.480. The van der Waals surface area contributed by atoms with Gasteiger partial charge in [-0.3, -0.25) is 4.90 Å². The van der Waals surface area contributed by atoms with Crippen molar-refractivity contribution in [2.75, 3.05) is 26.7 Å². The molecule has 0 saturated carbocycles. The van der Waals surface area contributed by atoms with Crippen LogP contribution >= 0.6 is 0 Å². The first-order valence-electron chi connectivity index (χ1n) is 4.38. The Labute approximate surface area is 78.6 Å². The lowest BCUT2D eigenvalue weighted by Gasteiger charge is -2.24. The van der Waals surface area contributed by atoms with E-state index in [0.717, 1.165) is 0 Å². The van der Waals surface area contributed by atoms with E-state index in [2.05, 4.69) is 11.9 Å². The van der Waals surface area contributed by atoms with Crippen molar-refractivity contribution in [2.24, 2.45) is 0 Å². The quantitative estimate of drug-likeness (QED) is 0.484. The van der Waals surface area contributed by atoms with E-state index in [1.54, 1.807) is 18.0 Å². The smallest absolute Gasteiger partial charge is 0.251 e. The van der Waals surface area contributed by atoms with E-state index >= 15 is 0 Å². The molecule has 78 valence electrons. The maximum absolute atomic E-state index is 12.0. The van der Waals surface area contributed by atoms with E-state index < -0.39 is 6.43 Å². The van der Waals surface area contributed by atoms with Gasteiger partial charge in [0, 0.05) is 19.1 Å². The molecule has 0 spiro atoms. The van der Waals surface area contributed by atoms with Crippen molar-refractivity contribution < 1.29 is 8.78 Å². The van der Waals surface area contributed by atoms with Gasteiger partial charge in [0.15, 0.2) is 0 Å². The van der Waals surface area contributed by atoms with Crippen LogP contribution in [-0.4, -0.2) is 44.0 Å². The van der Waals surface area contributed by atoms with Crippen molar-refractivity contribution >= 4 is 0 Å². The highest BCUT2D eigenvalue weighted by Crippen LogP contribution is 1.99. The van der Waals surface area contributed by atoms with Gasteiger partial charge in [-0.1, -0.05) is 6.08 Å². The van der Waals surface area contributed by atoms with Crippen LogP contribution in [0.4, 0.5) is 8.78 Å². The van der Waals surface area contributed by atoms with Crippen LogP contribution in [-0.2, 0) is 0 Å². The Morgan fingerprint density at radius 3 is 2.62 bits per heavy atom. The van der Waals surface area contributed by atoms with Crippen molar-refractivity contribution in [3.63, 3.8) is 0 Å². The summed E-state index contributed by atoms with van der Waals surface area (Å²) in [6, 6.07) is 0.119. The van der Waals surface area contributed by atoms with Crippen LogP contribution in [0, 0.1) is 0 Å². The van der Waals surface area contributed by atoms with Crippen molar-refractivity contribution in [1.29, 1.82) is 0 Å². The molecule has 2 nitrogen and oxygen atoms in total. The fraction of sp³-hybridized carbons (Fsp3) is 0.778. The number of nitrogens with zero attached hydrogens (tertiary/aromatic N) is 1. The summed E-state index contributed by atoms with van der Waals surface area (Å²) in [4.78, 5) is 1.64. The molecule has 0 heterocycles. The number of rotatable bonds is 7. The lowest BCUT2D eigenvalue weighted by Crippen LogP contribution is -2.40. The molecule has 0 bridgehead atoms. The summed E-state index contributed by atoms with van der Waals surface area (Å²) in [5.74, 6) is 0. The van der Waals surface area contributed by atoms with Gasteiger partial charge in [0.25, 0.3) is 6.43 Å². The number of likely N-dealkylation sites (N-methyl/N-ethyl adjacent to an activating group) is 1. The normalized spacial score (nSPS) is 13.7. The van der Waals surface area contributed by atoms with Gasteiger partial charge in [-0.15, -0.1) is 6.58 Å². The average molecular weight is 192 g/mol. The second-order valence-electron chi connectivity index (χ2n) is 3.13. The van der Waals surface area contributed by atoms with Crippen LogP contribution in [0.25, 0.3) is 0 Å². The zero-order chi connectivity index (χ0) is 10.3. The zero-order valence-electron chi connectivity index (χ0n) is 8.26. The number of hydrogen-bond donors (Lipinski definition) is 1. The molecule has 0 aromatic heterocycles. The van der Waals surface area contributed by atoms with Gasteiger partial charge in [0.05, 0.1) is 6.54 Å². The van der Waals surface area contributed by atoms with Crippen molar-refractivity contribution in [2.45, 2.75) is 19.4 Å². The SMILES string of the molecule is C=CCNCC(C)N(C)CC(F)F. The Balaban J connectivity index is 3.55. The Kier molecular flexibility index (Phi) is 6.72.